The van der Waals surface area contributed by atoms with Crippen molar-refractivity contribution in [2.24, 2.45) is 5.92 Å². The number of rotatable bonds is 3. The van der Waals surface area contributed by atoms with Gasteiger partial charge in [-0.15, -0.1) is 0 Å². The molecule has 1 aromatic heterocycles. The Labute approximate surface area is 123 Å². The van der Waals surface area contributed by atoms with Gasteiger partial charge in [-0.3, -0.25) is 0 Å². The number of carbonyl (C=O) groups is 1. The second-order valence-corrected chi connectivity index (χ2v) is 5.49. The van der Waals surface area contributed by atoms with Crippen molar-refractivity contribution in [3.05, 3.63) is 35.7 Å². The maximum Gasteiger partial charge on any atom is 0.356 e. The predicted octanol–water partition coefficient (Wildman–Crippen LogP) is 2.84. The first-order chi connectivity index (χ1) is 10.1. The van der Waals surface area contributed by atoms with Crippen LogP contribution in [0.25, 0.3) is 11.4 Å². The highest BCUT2D eigenvalue weighted by Crippen LogP contribution is 2.34. The van der Waals surface area contributed by atoms with Crippen molar-refractivity contribution in [2.75, 3.05) is 7.11 Å². The number of carboxylic acid groups (broad SMARTS) is 1. The summed E-state index contributed by atoms with van der Waals surface area (Å²) < 4.78 is 7.42. The Morgan fingerprint density at radius 3 is 2.90 bits per heavy atom. The highest BCUT2D eigenvalue weighted by molar-refractivity contribution is 5.88. The molecule has 1 aliphatic rings. The average Bonchev–Trinajstić information content (AvgIpc) is 2.85. The number of hydrogen-bond donors (Lipinski definition) is 1. The largest absolute Gasteiger partial charge is 0.496 e. The van der Waals surface area contributed by atoms with Gasteiger partial charge in [0.1, 0.15) is 11.6 Å². The van der Waals surface area contributed by atoms with E-state index in [9.17, 15) is 9.90 Å². The fourth-order valence-electron chi connectivity index (χ4n) is 2.93. The van der Waals surface area contributed by atoms with Gasteiger partial charge < -0.3 is 14.4 Å². The molecule has 1 N–H and O–H groups in total. The van der Waals surface area contributed by atoms with Gasteiger partial charge in [0.05, 0.1) is 18.4 Å². The second kappa shape index (κ2) is 5.24. The number of fused-ring (bicyclic) bond motifs is 1. The van der Waals surface area contributed by atoms with Crippen molar-refractivity contribution >= 4 is 5.97 Å². The van der Waals surface area contributed by atoms with Crippen molar-refractivity contribution in [3.63, 3.8) is 0 Å². The van der Waals surface area contributed by atoms with Crippen molar-refractivity contribution in [1.82, 2.24) is 9.55 Å². The molecule has 0 saturated carbocycles. The van der Waals surface area contributed by atoms with Crippen molar-refractivity contribution in [2.45, 2.75) is 26.3 Å². The number of benzene rings is 1. The first-order valence-electron chi connectivity index (χ1n) is 7.08. The number of carboxylic acids is 1. The van der Waals surface area contributed by atoms with Gasteiger partial charge in [-0.1, -0.05) is 19.1 Å². The van der Waals surface area contributed by atoms with E-state index in [2.05, 4.69) is 11.9 Å². The van der Waals surface area contributed by atoms with Gasteiger partial charge in [-0.05, 0) is 30.9 Å². The van der Waals surface area contributed by atoms with Crippen LogP contribution in [0.5, 0.6) is 5.75 Å². The first-order valence-corrected chi connectivity index (χ1v) is 7.08. The van der Waals surface area contributed by atoms with Crippen LogP contribution in [0.3, 0.4) is 0 Å². The van der Waals surface area contributed by atoms with Gasteiger partial charge in [-0.2, -0.15) is 0 Å². The molecule has 5 nitrogen and oxygen atoms in total. The van der Waals surface area contributed by atoms with E-state index in [-0.39, 0.29) is 5.69 Å². The Morgan fingerprint density at radius 2 is 2.19 bits per heavy atom. The Bertz CT molecular complexity index is 691. The molecule has 0 fully saturated rings. The van der Waals surface area contributed by atoms with Crippen LogP contribution in [-0.2, 0) is 13.0 Å². The number of para-hydroxylation sites is 1. The summed E-state index contributed by atoms with van der Waals surface area (Å²) in [5.41, 5.74) is 1.83. The molecule has 1 aromatic carbocycles. The maximum atomic E-state index is 11.4. The third-order valence-electron chi connectivity index (χ3n) is 3.99. The summed E-state index contributed by atoms with van der Waals surface area (Å²) in [5.74, 6) is 0.947. The van der Waals surface area contributed by atoms with Crippen LogP contribution in [0, 0.1) is 5.92 Å². The number of imidazole rings is 1. The minimum absolute atomic E-state index is 0.169. The van der Waals surface area contributed by atoms with Crippen molar-refractivity contribution < 1.29 is 14.6 Å². The first kappa shape index (κ1) is 13.7. The van der Waals surface area contributed by atoms with Gasteiger partial charge in [0.25, 0.3) is 0 Å². The monoisotopic (exact) mass is 286 g/mol. The molecule has 110 valence electrons. The summed E-state index contributed by atoms with van der Waals surface area (Å²) in [6, 6.07) is 7.58. The number of hydrogen-bond acceptors (Lipinski definition) is 3. The van der Waals surface area contributed by atoms with E-state index in [0.717, 1.165) is 30.6 Å². The SMILES string of the molecule is COc1ccccc1-c1nc(C(=O)O)c2n1CC(C)CC2. The lowest BCUT2D eigenvalue weighted by Crippen LogP contribution is -2.19. The molecule has 1 aliphatic heterocycles. The zero-order valence-electron chi connectivity index (χ0n) is 12.2. The molecule has 1 atom stereocenters. The molecule has 0 spiro atoms. The normalized spacial score (nSPS) is 17.3. The Balaban J connectivity index is 2.21. The summed E-state index contributed by atoms with van der Waals surface area (Å²) in [4.78, 5) is 15.8. The summed E-state index contributed by atoms with van der Waals surface area (Å²) >= 11 is 0. The fourth-order valence-corrected chi connectivity index (χ4v) is 2.93. The van der Waals surface area contributed by atoms with E-state index in [1.54, 1.807) is 7.11 Å². The number of aromatic carboxylic acids is 1. The van der Waals surface area contributed by atoms with Crippen molar-refractivity contribution in [3.8, 4) is 17.1 Å². The smallest absolute Gasteiger partial charge is 0.356 e. The van der Waals surface area contributed by atoms with Crippen LogP contribution in [0.4, 0.5) is 0 Å². The molecule has 0 amide bonds. The highest BCUT2D eigenvalue weighted by atomic mass is 16.5. The zero-order chi connectivity index (χ0) is 15.0. The average molecular weight is 286 g/mol. The third kappa shape index (κ3) is 2.28. The number of nitrogens with zero attached hydrogens (tertiary/aromatic N) is 2. The quantitative estimate of drug-likeness (QED) is 0.942. The number of methoxy groups -OCH3 is 1. The maximum absolute atomic E-state index is 11.4. The van der Waals surface area contributed by atoms with E-state index in [1.165, 1.54) is 0 Å². The summed E-state index contributed by atoms with van der Waals surface area (Å²) in [5, 5.41) is 9.39. The summed E-state index contributed by atoms with van der Waals surface area (Å²) in [7, 11) is 1.61. The van der Waals surface area contributed by atoms with Crippen LogP contribution in [-0.4, -0.2) is 27.7 Å². The lowest BCUT2D eigenvalue weighted by molar-refractivity contribution is 0.0689. The Morgan fingerprint density at radius 1 is 1.43 bits per heavy atom. The summed E-state index contributed by atoms with van der Waals surface area (Å²) in [6.45, 7) is 2.97. The van der Waals surface area contributed by atoms with E-state index in [4.69, 9.17) is 4.74 Å². The lowest BCUT2D eigenvalue weighted by atomic mass is 9.98. The second-order valence-electron chi connectivity index (χ2n) is 5.49. The van der Waals surface area contributed by atoms with Crippen LogP contribution >= 0.6 is 0 Å². The van der Waals surface area contributed by atoms with Gasteiger partial charge in [-0.25, -0.2) is 9.78 Å². The number of aromatic nitrogens is 2. The van der Waals surface area contributed by atoms with E-state index >= 15 is 0 Å². The lowest BCUT2D eigenvalue weighted by Gasteiger charge is -2.23. The Kier molecular flexibility index (Phi) is 3.41. The molecule has 3 rings (SSSR count). The van der Waals surface area contributed by atoms with Crippen LogP contribution in [0.15, 0.2) is 24.3 Å². The molecule has 0 saturated heterocycles. The molecule has 0 aliphatic carbocycles. The van der Waals surface area contributed by atoms with Gasteiger partial charge in [0.15, 0.2) is 5.69 Å². The topological polar surface area (TPSA) is 64.3 Å². The molecule has 2 aromatic rings. The summed E-state index contributed by atoms with van der Waals surface area (Å²) in [6.07, 6.45) is 1.75. The highest BCUT2D eigenvalue weighted by Gasteiger charge is 2.27. The van der Waals surface area contributed by atoms with E-state index in [1.807, 2.05) is 28.8 Å². The van der Waals surface area contributed by atoms with Crippen LogP contribution in [0.1, 0.15) is 29.5 Å². The predicted molar refractivity (Wildman–Crippen MR) is 78.7 cm³/mol. The molecule has 0 bridgehead atoms. The van der Waals surface area contributed by atoms with Gasteiger partial charge in [0, 0.05) is 6.54 Å². The molecule has 1 unspecified atom stereocenters. The van der Waals surface area contributed by atoms with E-state index < -0.39 is 5.97 Å². The molecular weight excluding hydrogens is 268 g/mol. The standard InChI is InChI=1S/C16H18N2O3/c1-10-7-8-12-14(16(19)20)17-15(18(12)9-10)11-5-3-4-6-13(11)21-2/h3-6,10H,7-9H2,1-2H3,(H,19,20). The molecule has 5 heteroatoms. The minimum atomic E-state index is -0.963. The van der Waals surface area contributed by atoms with Crippen LogP contribution < -0.4 is 4.74 Å². The fraction of sp³-hybridized carbons (Fsp3) is 0.375. The molecule has 2 heterocycles. The third-order valence-corrected chi connectivity index (χ3v) is 3.99. The van der Waals surface area contributed by atoms with Crippen molar-refractivity contribution in [1.29, 1.82) is 0 Å². The molecule has 0 radical (unpaired) electrons. The number of ether oxygens (including phenoxy) is 1. The molecular formula is C16H18N2O3. The van der Waals surface area contributed by atoms with Gasteiger partial charge >= 0.3 is 5.97 Å². The van der Waals surface area contributed by atoms with Gasteiger partial charge in [0.2, 0.25) is 0 Å². The van der Waals surface area contributed by atoms with Crippen LogP contribution in [0.2, 0.25) is 0 Å². The van der Waals surface area contributed by atoms with E-state index in [0.29, 0.717) is 17.5 Å². The Hall–Kier alpha value is -2.30. The molecule has 21 heavy (non-hydrogen) atoms. The minimum Gasteiger partial charge on any atom is -0.496 e. The zero-order valence-corrected chi connectivity index (χ0v) is 12.2.